The Kier molecular flexibility index (Phi) is 4.04. The molecule has 2 heterocycles. The van der Waals surface area contributed by atoms with Crippen molar-refractivity contribution in [3.05, 3.63) is 34.9 Å². The van der Waals surface area contributed by atoms with Crippen LogP contribution in [0.5, 0.6) is 0 Å². The summed E-state index contributed by atoms with van der Waals surface area (Å²) in [6, 6.07) is 0.166. The molecular weight excluding hydrogens is 238 g/mol. The molecule has 0 saturated carbocycles. The first-order chi connectivity index (χ1) is 9.08. The van der Waals surface area contributed by atoms with Crippen LogP contribution in [0.25, 0.3) is 0 Å². The van der Waals surface area contributed by atoms with Crippen LogP contribution in [0.3, 0.4) is 0 Å². The maximum absolute atomic E-state index is 4.52. The highest BCUT2D eigenvalue weighted by atomic mass is 15.3. The first kappa shape index (κ1) is 13.8. The summed E-state index contributed by atoms with van der Waals surface area (Å²) in [6.07, 6.45) is 4.06. The molecule has 0 aliphatic rings. The average molecular weight is 261 g/mol. The SMILES string of the molecule is CCNC(c1cnn(CC)c1)c1c(C)nn(C)c1C. The largest absolute Gasteiger partial charge is 0.306 e. The zero-order valence-corrected chi connectivity index (χ0v) is 12.4. The lowest BCUT2D eigenvalue weighted by Crippen LogP contribution is -2.22. The lowest BCUT2D eigenvalue weighted by molar-refractivity contribution is 0.618. The lowest BCUT2D eigenvalue weighted by atomic mass is 9.99. The van der Waals surface area contributed by atoms with E-state index in [2.05, 4.69) is 49.4 Å². The van der Waals surface area contributed by atoms with Crippen LogP contribution in [0, 0.1) is 13.8 Å². The maximum Gasteiger partial charge on any atom is 0.0647 e. The second-order valence-electron chi connectivity index (χ2n) is 4.83. The maximum atomic E-state index is 4.52. The summed E-state index contributed by atoms with van der Waals surface area (Å²) < 4.78 is 3.90. The monoisotopic (exact) mass is 261 g/mol. The van der Waals surface area contributed by atoms with E-state index in [0.717, 1.165) is 18.8 Å². The summed E-state index contributed by atoms with van der Waals surface area (Å²) in [7, 11) is 1.99. The summed E-state index contributed by atoms with van der Waals surface area (Å²) >= 11 is 0. The minimum Gasteiger partial charge on any atom is -0.306 e. The third-order valence-corrected chi connectivity index (χ3v) is 3.57. The Bertz CT molecular complexity index is 552. The van der Waals surface area contributed by atoms with Crippen LogP contribution in [0.1, 0.15) is 42.4 Å². The smallest absolute Gasteiger partial charge is 0.0647 e. The van der Waals surface area contributed by atoms with Gasteiger partial charge in [-0.15, -0.1) is 0 Å². The zero-order valence-electron chi connectivity index (χ0n) is 12.4. The van der Waals surface area contributed by atoms with E-state index in [4.69, 9.17) is 0 Å². The van der Waals surface area contributed by atoms with Gasteiger partial charge in [0.25, 0.3) is 0 Å². The summed E-state index contributed by atoms with van der Waals surface area (Å²) in [6.45, 7) is 10.2. The van der Waals surface area contributed by atoms with Crippen LogP contribution in [0.15, 0.2) is 12.4 Å². The van der Waals surface area contributed by atoms with E-state index in [0.29, 0.717) is 0 Å². The third-order valence-electron chi connectivity index (χ3n) is 3.57. The van der Waals surface area contributed by atoms with E-state index in [1.165, 1.54) is 16.8 Å². The first-order valence-electron chi connectivity index (χ1n) is 6.84. The predicted octanol–water partition coefficient (Wildman–Crippen LogP) is 1.95. The van der Waals surface area contributed by atoms with Crippen LogP contribution >= 0.6 is 0 Å². The van der Waals surface area contributed by atoms with Crippen molar-refractivity contribution in [1.82, 2.24) is 24.9 Å². The molecule has 0 spiro atoms. The van der Waals surface area contributed by atoms with Crippen molar-refractivity contribution < 1.29 is 0 Å². The average Bonchev–Trinajstić information content (AvgIpc) is 2.94. The highest BCUT2D eigenvalue weighted by Crippen LogP contribution is 2.27. The number of rotatable bonds is 5. The highest BCUT2D eigenvalue weighted by molar-refractivity contribution is 5.35. The van der Waals surface area contributed by atoms with E-state index in [9.17, 15) is 0 Å². The molecule has 0 amide bonds. The Morgan fingerprint density at radius 1 is 1.32 bits per heavy atom. The van der Waals surface area contributed by atoms with E-state index in [1.807, 2.05) is 22.6 Å². The fraction of sp³-hybridized carbons (Fsp3) is 0.571. The van der Waals surface area contributed by atoms with Gasteiger partial charge in [-0.05, 0) is 27.3 Å². The van der Waals surface area contributed by atoms with Gasteiger partial charge in [-0.2, -0.15) is 10.2 Å². The molecular formula is C14H23N5. The molecule has 0 aromatic carbocycles. The van der Waals surface area contributed by atoms with Crippen LogP contribution < -0.4 is 5.32 Å². The van der Waals surface area contributed by atoms with Gasteiger partial charge in [0.05, 0.1) is 17.9 Å². The van der Waals surface area contributed by atoms with Gasteiger partial charge in [0.1, 0.15) is 0 Å². The molecule has 19 heavy (non-hydrogen) atoms. The molecule has 0 bridgehead atoms. The highest BCUT2D eigenvalue weighted by Gasteiger charge is 2.22. The van der Waals surface area contributed by atoms with Crippen LogP contribution in [-0.4, -0.2) is 26.1 Å². The van der Waals surface area contributed by atoms with Gasteiger partial charge in [0.15, 0.2) is 0 Å². The van der Waals surface area contributed by atoms with E-state index in [-0.39, 0.29) is 6.04 Å². The summed E-state index contributed by atoms with van der Waals surface area (Å²) in [4.78, 5) is 0. The molecule has 1 unspecified atom stereocenters. The molecule has 1 atom stereocenters. The standard InChI is InChI=1S/C14H23N5/c1-6-15-14(12-8-16-19(7-2)9-12)13-10(3)17-18(5)11(13)4/h8-9,14-15H,6-7H2,1-5H3. The van der Waals surface area contributed by atoms with Crippen molar-refractivity contribution in [3.63, 3.8) is 0 Å². The van der Waals surface area contributed by atoms with Crippen molar-refractivity contribution in [2.75, 3.05) is 6.54 Å². The Balaban J connectivity index is 2.44. The Hall–Kier alpha value is -1.62. The van der Waals surface area contributed by atoms with Gasteiger partial charge < -0.3 is 5.32 Å². The van der Waals surface area contributed by atoms with E-state index < -0.39 is 0 Å². The Morgan fingerprint density at radius 3 is 2.53 bits per heavy atom. The molecule has 2 rings (SSSR count). The molecule has 1 N–H and O–H groups in total. The minimum absolute atomic E-state index is 0.166. The molecule has 0 saturated heterocycles. The normalized spacial score (nSPS) is 12.9. The Morgan fingerprint density at radius 2 is 2.05 bits per heavy atom. The predicted molar refractivity (Wildman–Crippen MR) is 76.1 cm³/mol. The minimum atomic E-state index is 0.166. The second-order valence-corrected chi connectivity index (χ2v) is 4.83. The van der Waals surface area contributed by atoms with Gasteiger partial charge in [0.2, 0.25) is 0 Å². The summed E-state index contributed by atoms with van der Waals surface area (Å²) in [5.41, 5.74) is 4.74. The zero-order chi connectivity index (χ0) is 14.0. The molecule has 2 aromatic rings. The molecule has 2 aromatic heterocycles. The van der Waals surface area contributed by atoms with Gasteiger partial charge in [-0.25, -0.2) is 0 Å². The number of hydrogen-bond acceptors (Lipinski definition) is 3. The molecule has 0 aliphatic heterocycles. The third kappa shape index (κ3) is 2.56. The van der Waals surface area contributed by atoms with Crippen molar-refractivity contribution in [3.8, 4) is 0 Å². The van der Waals surface area contributed by atoms with Crippen molar-refractivity contribution in [2.24, 2.45) is 7.05 Å². The van der Waals surface area contributed by atoms with Crippen molar-refractivity contribution in [2.45, 2.75) is 40.3 Å². The van der Waals surface area contributed by atoms with Crippen molar-refractivity contribution in [1.29, 1.82) is 0 Å². The van der Waals surface area contributed by atoms with Crippen LogP contribution in [0.4, 0.5) is 0 Å². The number of hydrogen-bond donors (Lipinski definition) is 1. The van der Waals surface area contributed by atoms with Gasteiger partial charge in [0, 0.05) is 36.6 Å². The van der Waals surface area contributed by atoms with Crippen molar-refractivity contribution >= 4 is 0 Å². The summed E-state index contributed by atoms with van der Waals surface area (Å²) in [5, 5.41) is 12.4. The van der Waals surface area contributed by atoms with Gasteiger partial charge in [-0.1, -0.05) is 6.92 Å². The van der Waals surface area contributed by atoms with Crippen LogP contribution in [-0.2, 0) is 13.6 Å². The van der Waals surface area contributed by atoms with E-state index in [1.54, 1.807) is 0 Å². The Labute approximate surface area is 114 Å². The molecule has 0 aliphatic carbocycles. The number of aromatic nitrogens is 4. The number of nitrogens with one attached hydrogen (secondary N) is 1. The molecule has 0 fully saturated rings. The topological polar surface area (TPSA) is 47.7 Å². The second kappa shape index (κ2) is 5.57. The molecule has 104 valence electrons. The molecule has 5 nitrogen and oxygen atoms in total. The fourth-order valence-electron chi connectivity index (χ4n) is 2.50. The summed E-state index contributed by atoms with van der Waals surface area (Å²) in [5.74, 6) is 0. The fourth-order valence-corrected chi connectivity index (χ4v) is 2.50. The van der Waals surface area contributed by atoms with Crippen LogP contribution in [0.2, 0.25) is 0 Å². The first-order valence-corrected chi connectivity index (χ1v) is 6.84. The van der Waals surface area contributed by atoms with Gasteiger partial charge >= 0.3 is 0 Å². The van der Waals surface area contributed by atoms with Gasteiger partial charge in [-0.3, -0.25) is 9.36 Å². The molecule has 0 radical (unpaired) electrons. The van der Waals surface area contributed by atoms with E-state index >= 15 is 0 Å². The quantitative estimate of drug-likeness (QED) is 0.895. The number of aryl methyl sites for hydroxylation is 3. The number of nitrogens with zero attached hydrogens (tertiary/aromatic N) is 4. The molecule has 5 heteroatoms. The lowest BCUT2D eigenvalue weighted by Gasteiger charge is -2.17.